The van der Waals surface area contributed by atoms with Crippen molar-refractivity contribution in [2.45, 2.75) is 278 Å². The molecule has 0 aromatic rings. The van der Waals surface area contributed by atoms with Crippen molar-refractivity contribution < 1.29 is 134 Å². The van der Waals surface area contributed by atoms with Crippen molar-refractivity contribution in [1.82, 2.24) is 0 Å². The quantitative estimate of drug-likeness (QED) is 0.0436. The Hall–Kier alpha value is -1.34. The largest absolute Gasteiger partial charge is 0.394 e. The molecule has 86 heavy (non-hydrogen) atoms. The maximum Gasteiger partial charge on any atom is 0.187 e. The van der Waals surface area contributed by atoms with Gasteiger partial charge in [0.05, 0.1) is 50.8 Å². The Morgan fingerprint density at radius 3 is 1.56 bits per heavy atom. The van der Waals surface area contributed by atoms with E-state index in [0.717, 1.165) is 24.8 Å². The third kappa shape index (κ3) is 12.2. The zero-order chi connectivity index (χ0) is 63.1. The maximum atomic E-state index is 12.9. The standard InChI is InChI=1S/C59H100O27/c1-24(2)10-9-14-59(8,86-53-47(76)43(72)48(30(22-63)81-53)84-52-46(75)41(70)39(68)31(82-52)23-77-50-44(73)38(67)29(21-62)78-50)25-11-16-58(7)35(25)26(64)18-33-56(5)15-13-34(55(3,4)32(56)12-17-57(33,58)6)83-54-49(42(71)37(66)28(20-61)80-54)85-51-45(74)40(69)36(65)27(19-60)79-51/h10,25-54,60-76H,9,11-23H2,1-8H3/t25-,26+,27+,28+,29-,30+,31+,32-,33+,34-,35-,36+,37+,38-,39+,40-,41-,42-,43+,44+,45+,46+,47+,48+,49+,50+,51-,52-,53-,54-,56-,57+,58+,59-/m0/s1. The summed E-state index contributed by atoms with van der Waals surface area (Å²) in [6.45, 7) is 13.6. The second-order valence-electron chi connectivity index (χ2n) is 28.1. The van der Waals surface area contributed by atoms with Gasteiger partial charge in [-0.25, -0.2) is 0 Å². The normalized spacial score (nSPS) is 52.8. The van der Waals surface area contributed by atoms with E-state index in [1.54, 1.807) is 0 Å². The summed E-state index contributed by atoms with van der Waals surface area (Å²) in [4.78, 5) is 0. The number of fused-ring (bicyclic) bond motifs is 5. The van der Waals surface area contributed by atoms with Crippen molar-refractivity contribution in [1.29, 1.82) is 0 Å². The molecule has 0 radical (unpaired) electrons. The molecule has 9 rings (SSSR count). The van der Waals surface area contributed by atoms with Gasteiger partial charge in [-0.05, 0) is 124 Å². The zero-order valence-corrected chi connectivity index (χ0v) is 50.5. The Kier molecular flexibility index (Phi) is 21.3. The van der Waals surface area contributed by atoms with Crippen LogP contribution in [0.25, 0.3) is 0 Å². The number of aliphatic hydroxyl groups excluding tert-OH is 17. The molecule has 4 aliphatic carbocycles. The lowest BCUT2D eigenvalue weighted by atomic mass is 9.35. The van der Waals surface area contributed by atoms with Crippen LogP contribution < -0.4 is 0 Å². The topological polar surface area (TPSA) is 436 Å². The molecule has 0 unspecified atom stereocenters. The van der Waals surface area contributed by atoms with Gasteiger partial charge in [-0.3, -0.25) is 0 Å². The zero-order valence-electron chi connectivity index (χ0n) is 50.5. The summed E-state index contributed by atoms with van der Waals surface area (Å²) in [6, 6.07) is 0. The number of hydrogen-bond acceptors (Lipinski definition) is 27. The second kappa shape index (κ2) is 26.6. The molecular formula is C59H100O27. The summed E-state index contributed by atoms with van der Waals surface area (Å²) in [5, 5.41) is 185. The van der Waals surface area contributed by atoms with E-state index in [1.165, 1.54) is 0 Å². The van der Waals surface area contributed by atoms with E-state index in [1.807, 2.05) is 20.8 Å². The smallest absolute Gasteiger partial charge is 0.187 e. The summed E-state index contributed by atoms with van der Waals surface area (Å²) >= 11 is 0. The molecule has 5 saturated heterocycles. The molecule has 9 aliphatic rings. The van der Waals surface area contributed by atoms with Gasteiger partial charge in [0.25, 0.3) is 0 Å². The first kappa shape index (κ1) is 69.0. The number of aliphatic hydroxyl groups is 17. The fourth-order valence-corrected chi connectivity index (χ4v) is 17.5. The lowest BCUT2D eigenvalue weighted by molar-refractivity contribution is -0.378. The average Bonchev–Trinajstić information content (AvgIpc) is 1.21. The highest BCUT2D eigenvalue weighted by atomic mass is 16.8. The second-order valence-corrected chi connectivity index (χ2v) is 28.1. The van der Waals surface area contributed by atoms with E-state index >= 15 is 0 Å². The first-order valence-corrected chi connectivity index (χ1v) is 30.8. The van der Waals surface area contributed by atoms with Crippen LogP contribution in [0.4, 0.5) is 0 Å². The Morgan fingerprint density at radius 1 is 0.488 bits per heavy atom. The molecule has 5 aliphatic heterocycles. The minimum absolute atomic E-state index is 0.00774. The van der Waals surface area contributed by atoms with Gasteiger partial charge in [0.1, 0.15) is 116 Å². The molecule has 0 spiro atoms. The minimum Gasteiger partial charge on any atom is -0.394 e. The third-order valence-electron chi connectivity index (χ3n) is 22.7. The van der Waals surface area contributed by atoms with Gasteiger partial charge in [0.15, 0.2) is 31.5 Å². The minimum atomic E-state index is -1.93. The van der Waals surface area contributed by atoms with Crippen LogP contribution in [0.3, 0.4) is 0 Å². The van der Waals surface area contributed by atoms with E-state index in [2.05, 4.69) is 40.7 Å². The van der Waals surface area contributed by atoms with Crippen molar-refractivity contribution in [3.63, 3.8) is 0 Å². The molecule has 5 heterocycles. The fraction of sp³-hybridized carbons (Fsp3) is 0.966. The molecule has 17 N–H and O–H groups in total. The van der Waals surface area contributed by atoms with Crippen LogP contribution in [-0.2, 0) is 47.4 Å². The van der Waals surface area contributed by atoms with E-state index in [9.17, 15) is 86.8 Å². The van der Waals surface area contributed by atoms with Gasteiger partial charge in [0, 0.05) is 0 Å². The molecule has 9 fully saturated rings. The Morgan fingerprint density at radius 2 is 0.965 bits per heavy atom. The number of hydrogen-bond donors (Lipinski definition) is 17. The molecule has 4 saturated carbocycles. The van der Waals surface area contributed by atoms with Crippen LogP contribution in [0, 0.1) is 45.3 Å². The Balaban J connectivity index is 0.905. The van der Waals surface area contributed by atoms with Crippen LogP contribution in [0.2, 0.25) is 0 Å². The molecular weight excluding hydrogens is 1140 g/mol. The summed E-state index contributed by atoms with van der Waals surface area (Å²) < 4.78 is 60.5. The summed E-state index contributed by atoms with van der Waals surface area (Å²) in [5.74, 6) is -0.613. The van der Waals surface area contributed by atoms with Gasteiger partial charge >= 0.3 is 0 Å². The van der Waals surface area contributed by atoms with Crippen LogP contribution >= 0.6 is 0 Å². The molecule has 27 nitrogen and oxygen atoms in total. The van der Waals surface area contributed by atoms with Gasteiger partial charge in [0.2, 0.25) is 0 Å². The van der Waals surface area contributed by atoms with Crippen LogP contribution in [0.1, 0.15) is 113 Å². The molecule has 0 aromatic heterocycles. The maximum absolute atomic E-state index is 12.9. The fourth-order valence-electron chi connectivity index (χ4n) is 17.5. The Labute approximate surface area is 501 Å². The lowest BCUT2D eigenvalue weighted by Crippen LogP contribution is -2.68. The van der Waals surface area contributed by atoms with Crippen molar-refractivity contribution in [3.8, 4) is 0 Å². The highest BCUT2D eigenvalue weighted by Gasteiger charge is 2.72. The van der Waals surface area contributed by atoms with Crippen LogP contribution in [0.5, 0.6) is 0 Å². The van der Waals surface area contributed by atoms with Gasteiger partial charge in [-0.2, -0.15) is 0 Å². The van der Waals surface area contributed by atoms with E-state index in [0.29, 0.717) is 38.5 Å². The number of allylic oxidation sites excluding steroid dienone is 2. The molecule has 0 aromatic carbocycles. The molecule has 498 valence electrons. The van der Waals surface area contributed by atoms with Crippen LogP contribution in [-0.4, -0.2) is 285 Å². The molecule has 0 amide bonds. The molecule has 34 atom stereocenters. The highest BCUT2D eigenvalue weighted by molar-refractivity contribution is 5.21. The number of rotatable bonds is 19. The van der Waals surface area contributed by atoms with Gasteiger partial charge in [-0.1, -0.05) is 46.3 Å². The summed E-state index contributed by atoms with van der Waals surface area (Å²) in [7, 11) is 0. The monoisotopic (exact) mass is 1240 g/mol. The molecule has 0 bridgehead atoms. The Bertz CT molecular complexity index is 2260. The van der Waals surface area contributed by atoms with Crippen molar-refractivity contribution in [2.75, 3.05) is 33.0 Å². The van der Waals surface area contributed by atoms with Gasteiger partial charge in [-0.15, -0.1) is 0 Å². The van der Waals surface area contributed by atoms with Crippen molar-refractivity contribution >= 4 is 0 Å². The SMILES string of the molecule is CC(C)=CCC[C@](C)(O[C@@H]1O[C@H](CO)[C@@H](O[C@@H]2O[C@H](CO[C@@H]3O[C@@H](CO)[C@H](O)[C@H]3O)[C@@H](O)[C@H](O)[C@H]2O)[C@H](O)[C@H]1O)[C@H]1CC[C@]2(C)[C@@H]1[C@H](O)C[C@@H]1[C@@]3(C)CC[C@H](O[C@@H]4O[C@H](CO)[C@@H](O)[C@H](O)[C@H]4O[C@@H]4O[C@H](CO)[C@@H](O)[C@H](O)[C@H]4O)C(C)(C)[C@@H]3CC[C@]12C. The first-order chi connectivity index (χ1) is 40.4. The van der Waals surface area contributed by atoms with E-state index in [-0.39, 0.29) is 34.5 Å². The average molecular weight is 1240 g/mol. The predicted octanol–water partition coefficient (Wildman–Crippen LogP) is -3.74. The van der Waals surface area contributed by atoms with Crippen molar-refractivity contribution in [2.24, 2.45) is 45.3 Å². The summed E-state index contributed by atoms with van der Waals surface area (Å²) in [5.41, 5.74) is -1.79. The first-order valence-electron chi connectivity index (χ1n) is 30.8. The third-order valence-corrected chi connectivity index (χ3v) is 22.7. The molecule has 27 heteroatoms. The number of ether oxygens (including phenoxy) is 10. The predicted molar refractivity (Wildman–Crippen MR) is 293 cm³/mol. The van der Waals surface area contributed by atoms with E-state index < -0.39 is 209 Å². The van der Waals surface area contributed by atoms with Crippen LogP contribution in [0.15, 0.2) is 11.6 Å². The van der Waals surface area contributed by atoms with Gasteiger partial charge < -0.3 is 134 Å². The highest BCUT2D eigenvalue weighted by Crippen LogP contribution is 2.76. The van der Waals surface area contributed by atoms with Crippen molar-refractivity contribution in [3.05, 3.63) is 11.6 Å². The lowest BCUT2D eigenvalue weighted by Gasteiger charge is -2.71. The summed E-state index contributed by atoms with van der Waals surface area (Å²) in [6.07, 6.45) is -32.6. The van der Waals surface area contributed by atoms with E-state index in [4.69, 9.17) is 47.4 Å².